The quantitative estimate of drug-likeness (QED) is 0.820. The minimum Gasteiger partial charge on any atom is -0.379 e. The van der Waals surface area contributed by atoms with Crippen LogP contribution in [0.1, 0.15) is 6.42 Å². The van der Waals surface area contributed by atoms with E-state index in [1.807, 2.05) is 0 Å². The number of amides is 2. The van der Waals surface area contributed by atoms with Crippen LogP contribution in [0.5, 0.6) is 0 Å². The van der Waals surface area contributed by atoms with Crippen LogP contribution in [0.2, 0.25) is 5.02 Å². The molecule has 1 aromatic carbocycles. The number of ether oxygens (including phenoxy) is 1. The van der Waals surface area contributed by atoms with Crippen molar-refractivity contribution in [3.63, 3.8) is 0 Å². The maximum Gasteiger partial charge on any atom is 0.319 e. The van der Waals surface area contributed by atoms with E-state index in [9.17, 15) is 9.18 Å². The van der Waals surface area contributed by atoms with Crippen molar-refractivity contribution < 1.29 is 13.9 Å². The van der Waals surface area contributed by atoms with Crippen molar-refractivity contribution in [1.29, 1.82) is 0 Å². The Hall–Kier alpha value is -1.37. The number of nitrogens with zero attached hydrogens (tertiary/aromatic N) is 1. The summed E-state index contributed by atoms with van der Waals surface area (Å²) >= 11 is 5.58. The van der Waals surface area contributed by atoms with Crippen molar-refractivity contribution in [3.8, 4) is 0 Å². The van der Waals surface area contributed by atoms with E-state index in [1.54, 1.807) is 6.07 Å². The first-order valence-corrected chi connectivity index (χ1v) is 7.33. The number of anilines is 1. The van der Waals surface area contributed by atoms with Gasteiger partial charge in [-0.3, -0.25) is 4.90 Å². The molecule has 0 saturated carbocycles. The highest BCUT2D eigenvalue weighted by Crippen LogP contribution is 2.18. The Morgan fingerprint density at radius 3 is 2.86 bits per heavy atom. The molecule has 2 amide bonds. The smallest absolute Gasteiger partial charge is 0.319 e. The predicted octanol–water partition coefficient (Wildman–Crippen LogP) is 2.32. The standard InChI is InChI=1S/C14H19ClFN3O2/c15-12-3-2-11(10-13(12)16)18-14(20)17-4-1-5-19-6-8-21-9-7-19/h2-3,10H,1,4-9H2,(H2,17,18,20). The first-order chi connectivity index (χ1) is 10.1. The van der Waals surface area contributed by atoms with Gasteiger partial charge < -0.3 is 15.4 Å². The Kier molecular flexibility index (Phi) is 6.22. The van der Waals surface area contributed by atoms with Gasteiger partial charge in [0.05, 0.1) is 18.2 Å². The Balaban J connectivity index is 1.63. The lowest BCUT2D eigenvalue weighted by Gasteiger charge is -2.26. The number of halogens is 2. The SMILES string of the molecule is O=C(NCCCN1CCOCC1)Nc1ccc(Cl)c(F)c1. The number of hydrogen-bond acceptors (Lipinski definition) is 3. The number of benzene rings is 1. The fourth-order valence-electron chi connectivity index (χ4n) is 2.08. The van der Waals surface area contributed by atoms with Gasteiger partial charge in [0.1, 0.15) is 5.82 Å². The molecule has 0 aliphatic carbocycles. The molecule has 5 nitrogen and oxygen atoms in total. The average molecular weight is 316 g/mol. The summed E-state index contributed by atoms with van der Waals surface area (Å²) in [5.74, 6) is -0.554. The highest BCUT2D eigenvalue weighted by Gasteiger charge is 2.09. The molecule has 0 unspecified atom stereocenters. The Morgan fingerprint density at radius 2 is 2.14 bits per heavy atom. The van der Waals surface area contributed by atoms with Crippen molar-refractivity contribution in [3.05, 3.63) is 29.0 Å². The van der Waals surface area contributed by atoms with Crippen LogP contribution in [0.15, 0.2) is 18.2 Å². The van der Waals surface area contributed by atoms with Crippen LogP contribution in [0.3, 0.4) is 0 Å². The summed E-state index contributed by atoms with van der Waals surface area (Å²) in [6.07, 6.45) is 0.863. The molecule has 1 aromatic rings. The number of carbonyl (C=O) groups excluding carboxylic acids is 1. The lowest BCUT2D eigenvalue weighted by molar-refractivity contribution is 0.0375. The van der Waals surface area contributed by atoms with Crippen LogP contribution >= 0.6 is 11.6 Å². The first kappa shape index (κ1) is 16.0. The zero-order valence-corrected chi connectivity index (χ0v) is 12.5. The van der Waals surface area contributed by atoms with Gasteiger partial charge >= 0.3 is 6.03 Å². The van der Waals surface area contributed by atoms with E-state index in [1.165, 1.54) is 12.1 Å². The highest BCUT2D eigenvalue weighted by molar-refractivity contribution is 6.30. The van der Waals surface area contributed by atoms with Crippen LogP contribution in [0, 0.1) is 5.82 Å². The molecule has 1 heterocycles. The number of carbonyl (C=O) groups is 1. The molecule has 2 rings (SSSR count). The summed E-state index contributed by atoms with van der Waals surface area (Å²) in [5, 5.41) is 5.34. The number of nitrogens with one attached hydrogen (secondary N) is 2. The van der Waals surface area contributed by atoms with Gasteiger partial charge in [0, 0.05) is 25.3 Å². The van der Waals surface area contributed by atoms with E-state index in [0.29, 0.717) is 12.2 Å². The molecule has 0 atom stereocenters. The Bertz CT molecular complexity index is 481. The average Bonchev–Trinajstić information content (AvgIpc) is 2.49. The van der Waals surface area contributed by atoms with Gasteiger partial charge in [-0.25, -0.2) is 9.18 Å². The zero-order valence-electron chi connectivity index (χ0n) is 11.7. The number of morpholine rings is 1. The number of hydrogen-bond donors (Lipinski definition) is 2. The van der Waals surface area contributed by atoms with E-state index in [0.717, 1.165) is 39.3 Å². The normalized spacial score (nSPS) is 15.7. The molecular formula is C14H19ClFN3O2. The molecule has 0 radical (unpaired) electrons. The molecule has 116 valence electrons. The molecule has 1 saturated heterocycles. The van der Waals surface area contributed by atoms with Gasteiger partial charge in [-0.05, 0) is 31.2 Å². The second-order valence-electron chi connectivity index (χ2n) is 4.82. The fourth-order valence-corrected chi connectivity index (χ4v) is 2.20. The lowest BCUT2D eigenvalue weighted by atomic mass is 10.3. The Morgan fingerprint density at radius 1 is 1.38 bits per heavy atom. The van der Waals surface area contributed by atoms with Gasteiger partial charge in [0.15, 0.2) is 0 Å². The molecule has 7 heteroatoms. The molecule has 0 bridgehead atoms. The molecule has 1 aliphatic rings. The van der Waals surface area contributed by atoms with Crippen molar-refractivity contribution >= 4 is 23.3 Å². The maximum absolute atomic E-state index is 13.2. The molecule has 21 heavy (non-hydrogen) atoms. The molecular weight excluding hydrogens is 297 g/mol. The third-order valence-electron chi connectivity index (χ3n) is 3.22. The minimum absolute atomic E-state index is 0.0338. The third-order valence-corrected chi connectivity index (χ3v) is 3.52. The van der Waals surface area contributed by atoms with Crippen LogP contribution < -0.4 is 10.6 Å². The number of rotatable bonds is 5. The third kappa shape index (κ3) is 5.49. The molecule has 0 spiro atoms. The minimum atomic E-state index is -0.554. The second-order valence-corrected chi connectivity index (χ2v) is 5.22. The van der Waals surface area contributed by atoms with E-state index in [2.05, 4.69) is 15.5 Å². The van der Waals surface area contributed by atoms with E-state index in [-0.39, 0.29) is 11.1 Å². The van der Waals surface area contributed by atoms with E-state index >= 15 is 0 Å². The van der Waals surface area contributed by atoms with E-state index < -0.39 is 5.82 Å². The fraction of sp³-hybridized carbons (Fsp3) is 0.500. The summed E-state index contributed by atoms with van der Waals surface area (Å²) in [6.45, 7) is 4.93. The van der Waals surface area contributed by atoms with Crippen LogP contribution in [0.25, 0.3) is 0 Å². The Labute approximate surface area is 128 Å². The van der Waals surface area contributed by atoms with Crippen LogP contribution in [0.4, 0.5) is 14.9 Å². The topological polar surface area (TPSA) is 53.6 Å². The van der Waals surface area contributed by atoms with Crippen molar-refractivity contribution in [2.75, 3.05) is 44.7 Å². The maximum atomic E-state index is 13.2. The van der Waals surface area contributed by atoms with Crippen LogP contribution in [-0.4, -0.2) is 50.3 Å². The molecule has 0 aromatic heterocycles. The van der Waals surface area contributed by atoms with Gasteiger partial charge in [-0.15, -0.1) is 0 Å². The van der Waals surface area contributed by atoms with Gasteiger partial charge in [-0.1, -0.05) is 11.6 Å². The van der Waals surface area contributed by atoms with Gasteiger partial charge in [0.2, 0.25) is 0 Å². The van der Waals surface area contributed by atoms with Gasteiger partial charge in [0.25, 0.3) is 0 Å². The summed E-state index contributed by atoms with van der Waals surface area (Å²) in [4.78, 5) is 14.0. The predicted molar refractivity (Wildman–Crippen MR) is 80.3 cm³/mol. The summed E-state index contributed by atoms with van der Waals surface area (Å²) < 4.78 is 18.5. The van der Waals surface area contributed by atoms with Crippen molar-refractivity contribution in [1.82, 2.24) is 10.2 Å². The largest absolute Gasteiger partial charge is 0.379 e. The van der Waals surface area contributed by atoms with Crippen LogP contribution in [-0.2, 0) is 4.74 Å². The molecule has 1 fully saturated rings. The zero-order chi connectivity index (χ0) is 15.1. The number of urea groups is 1. The summed E-state index contributed by atoms with van der Waals surface area (Å²) in [7, 11) is 0. The van der Waals surface area contributed by atoms with Gasteiger partial charge in [-0.2, -0.15) is 0 Å². The van der Waals surface area contributed by atoms with Crippen molar-refractivity contribution in [2.45, 2.75) is 6.42 Å². The highest BCUT2D eigenvalue weighted by atomic mass is 35.5. The van der Waals surface area contributed by atoms with E-state index in [4.69, 9.17) is 16.3 Å². The monoisotopic (exact) mass is 315 g/mol. The second kappa shape index (κ2) is 8.17. The lowest BCUT2D eigenvalue weighted by Crippen LogP contribution is -2.38. The van der Waals surface area contributed by atoms with Crippen molar-refractivity contribution in [2.24, 2.45) is 0 Å². The molecule has 2 N–H and O–H groups in total. The summed E-state index contributed by atoms with van der Waals surface area (Å²) in [5.41, 5.74) is 0.377. The first-order valence-electron chi connectivity index (χ1n) is 6.95. The summed E-state index contributed by atoms with van der Waals surface area (Å²) in [6, 6.07) is 3.80. The molecule has 1 aliphatic heterocycles.